The SMILES string of the molecule is O=C(N1C=C(c2cc(Cl)ccc2F)CC1c1ccccc1)C(F)(F)F. The lowest BCUT2D eigenvalue weighted by Crippen LogP contribution is -2.38. The third-order valence-electron chi connectivity index (χ3n) is 3.98. The third kappa shape index (κ3) is 3.54. The molecule has 7 heteroatoms. The first-order valence-corrected chi connectivity index (χ1v) is 7.75. The Labute approximate surface area is 146 Å². The van der Waals surface area contributed by atoms with Crippen LogP contribution in [0, 0.1) is 5.82 Å². The van der Waals surface area contributed by atoms with Gasteiger partial charge in [-0.2, -0.15) is 13.2 Å². The first kappa shape index (κ1) is 17.5. The largest absolute Gasteiger partial charge is 0.471 e. The minimum absolute atomic E-state index is 0.0586. The van der Waals surface area contributed by atoms with E-state index in [9.17, 15) is 22.4 Å². The van der Waals surface area contributed by atoms with Gasteiger partial charge in [0.15, 0.2) is 0 Å². The molecule has 0 spiro atoms. The number of nitrogens with zero attached hydrogens (tertiary/aromatic N) is 1. The van der Waals surface area contributed by atoms with Crippen molar-refractivity contribution in [2.75, 3.05) is 0 Å². The first-order chi connectivity index (χ1) is 11.8. The monoisotopic (exact) mass is 369 g/mol. The Hall–Kier alpha value is -2.34. The van der Waals surface area contributed by atoms with Crippen LogP contribution in [0.15, 0.2) is 54.7 Å². The van der Waals surface area contributed by atoms with Crippen molar-refractivity contribution in [3.63, 3.8) is 0 Å². The molecule has 1 amide bonds. The maximum absolute atomic E-state index is 14.1. The molecule has 1 unspecified atom stereocenters. The molecule has 0 saturated carbocycles. The Balaban J connectivity index is 2.04. The normalized spacial score (nSPS) is 17.6. The van der Waals surface area contributed by atoms with Crippen molar-refractivity contribution in [3.8, 4) is 0 Å². The van der Waals surface area contributed by atoms with Crippen molar-refractivity contribution < 1.29 is 22.4 Å². The van der Waals surface area contributed by atoms with E-state index in [0.717, 1.165) is 12.3 Å². The van der Waals surface area contributed by atoms with Gasteiger partial charge in [-0.05, 0) is 35.8 Å². The molecule has 0 saturated heterocycles. The molecule has 25 heavy (non-hydrogen) atoms. The highest BCUT2D eigenvalue weighted by Gasteiger charge is 2.46. The average Bonchev–Trinajstić information content (AvgIpc) is 3.01. The zero-order valence-corrected chi connectivity index (χ0v) is 13.5. The van der Waals surface area contributed by atoms with Crippen molar-refractivity contribution in [1.29, 1.82) is 0 Å². The van der Waals surface area contributed by atoms with Gasteiger partial charge in [0.2, 0.25) is 0 Å². The summed E-state index contributed by atoms with van der Waals surface area (Å²) in [7, 11) is 0. The van der Waals surface area contributed by atoms with Crippen LogP contribution in [0.2, 0.25) is 5.02 Å². The van der Waals surface area contributed by atoms with Crippen LogP contribution < -0.4 is 0 Å². The van der Waals surface area contributed by atoms with Crippen molar-refractivity contribution in [1.82, 2.24) is 4.90 Å². The standard InChI is InChI=1S/C18H12ClF4NO/c19-13-6-7-15(20)14(9-13)12-8-16(11-4-2-1-3-5-11)24(10-12)17(25)18(21,22)23/h1-7,9-10,16H,8H2. The van der Waals surface area contributed by atoms with E-state index in [1.54, 1.807) is 30.3 Å². The van der Waals surface area contributed by atoms with E-state index in [4.69, 9.17) is 11.6 Å². The topological polar surface area (TPSA) is 20.3 Å². The highest BCUT2D eigenvalue weighted by atomic mass is 35.5. The maximum atomic E-state index is 14.1. The summed E-state index contributed by atoms with van der Waals surface area (Å²) in [5, 5.41) is 0.258. The third-order valence-corrected chi connectivity index (χ3v) is 4.21. The zero-order valence-electron chi connectivity index (χ0n) is 12.7. The van der Waals surface area contributed by atoms with Gasteiger partial charge < -0.3 is 4.90 Å². The molecule has 0 N–H and O–H groups in total. The van der Waals surface area contributed by atoms with Crippen LogP contribution in [0.25, 0.3) is 5.57 Å². The Morgan fingerprint density at radius 1 is 1.12 bits per heavy atom. The molecule has 1 aliphatic heterocycles. The number of carbonyl (C=O) groups excluding carboxylic acids is 1. The number of hydrogen-bond donors (Lipinski definition) is 0. The Bertz CT molecular complexity index is 833. The van der Waals surface area contributed by atoms with Crippen molar-refractivity contribution in [3.05, 3.63) is 76.7 Å². The summed E-state index contributed by atoms with van der Waals surface area (Å²) in [4.78, 5) is 12.4. The second-order valence-electron chi connectivity index (χ2n) is 5.62. The van der Waals surface area contributed by atoms with E-state index >= 15 is 0 Å². The van der Waals surface area contributed by atoms with Crippen LogP contribution in [-0.2, 0) is 4.79 Å². The van der Waals surface area contributed by atoms with Crippen LogP contribution in [-0.4, -0.2) is 17.0 Å². The van der Waals surface area contributed by atoms with Gasteiger partial charge in [0.05, 0.1) is 6.04 Å². The van der Waals surface area contributed by atoms with E-state index in [1.165, 1.54) is 12.1 Å². The van der Waals surface area contributed by atoms with Crippen molar-refractivity contribution in [2.24, 2.45) is 0 Å². The second-order valence-corrected chi connectivity index (χ2v) is 6.06. The fourth-order valence-electron chi connectivity index (χ4n) is 2.84. The summed E-state index contributed by atoms with van der Waals surface area (Å²) in [5.74, 6) is -2.59. The summed E-state index contributed by atoms with van der Waals surface area (Å²) in [5.41, 5.74) is 0.908. The minimum atomic E-state index is -5.02. The minimum Gasteiger partial charge on any atom is -0.303 e. The molecule has 1 heterocycles. The van der Waals surface area contributed by atoms with Gasteiger partial charge in [0, 0.05) is 16.8 Å². The van der Waals surface area contributed by atoms with E-state index in [1.807, 2.05) is 0 Å². The predicted octanol–water partition coefficient (Wildman–Crippen LogP) is 5.36. The fourth-order valence-corrected chi connectivity index (χ4v) is 3.01. The molecular weight excluding hydrogens is 358 g/mol. The smallest absolute Gasteiger partial charge is 0.303 e. The molecule has 0 bridgehead atoms. The molecule has 2 nitrogen and oxygen atoms in total. The lowest BCUT2D eigenvalue weighted by Gasteiger charge is -2.24. The molecule has 0 aromatic heterocycles. The molecular formula is C18H12ClF4NO. The number of benzene rings is 2. The van der Waals surface area contributed by atoms with E-state index in [0.29, 0.717) is 10.5 Å². The molecule has 0 fully saturated rings. The van der Waals surface area contributed by atoms with E-state index in [-0.39, 0.29) is 22.6 Å². The number of carbonyl (C=O) groups is 1. The molecule has 1 aliphatic rings. The predicted molar refractivity (Wildman–Crippen MR) is 86.1 cm³/mol. The molecule has 1 atom stereocenters. The van der Waals surface area contributed by atoms with Gasteiger partial charge in [-0.3, -0.25) is 4.79 Å². The molecule has 2 aromatic rings. The molecule has 2 aromatic carbocycles. The first-order valence-electron chi connectivity index (χ1n) is 7.38. The maximum Gasteiger partial charge on any atom is 0.471 e. The lowest BCUT2D eigenvalue weighted by atomic mass is 9.97. The molecule has 130 valence electrons. The summed E-state index contributed by atoms with van der Waals surface area (Å²) in [6.07, 6.45) is -3.91. The van der Waals surface area contributed by atoms with Crippen LogP contribution in [0.5, 0.6) is 0 Å². The van der Waals surface area contributed by atoms with E-state index in [2.05, 4.69) is 0 Å². The Kier molecular flexibility index (Phi) is 4.56. The van der Waals surface area contributed by atoms with Crippen LogP contribution in [0.1, 0.15) is 23.6 Å². The lowest BCUT2D eigenvalue weighted by molar-refractivity contribution is -0.184. The van der Waals surface area contributed by atoms with Gasteiger partial charge in [-0.1, -0.05) is 41.9 Å². The van der Waals surface area contributed by atoms with Gasteiger partial charge in [-0.25, -0.2) is 4.39 Å². The zero-order chi connectivity index (χ0) is 18.2. The number of halogens is 5. The fraction of sp³-hybridized carbons (Fsp3) is 0.167. The molecule has 0 aliphatic carbocycles. The van der Waals surface area contributed by atoms with E-state index < -0.39 is 23.9 Å². The van der Waals surface area contributed by atoms with Crippen LogP contribution >= 0.6 is 11.6 Å². The number of alkyl halides is 3. The number of rotatable bonds is 2. The summed E-state index contributed by atoms with van der Waals surface area (Å²) < 4.78 is 52.9. The summed E-state index contributed by atoms with van der Waals surface area (Å²) >= 11 is 5.87. The van der Waals surface area contributed by atoms with Gasteiger partial charge >= 0.3 is 12.1 Å². The number of amides is 1. The highest BCUT2D eigenvalue weighted by molar-refractivity contribution is 6.30. The Morgan fingerprint density at radius 3 is 2.44 bits per heavy atom. The second kappa shape index (κ2) is 6.52. The summed E-state index contributed by atoms with van der Waals surface area (Å²) in [6.45, 7) is 0. The van der Waals surface area contributed by atoms with Crippen molar-refractivity contribution >= 4 is 23.1 Å². The molecule has 0 radical (unpaired) electrons. The van der Waals surface area contributed by atoms with Crippen molar-refractivity contribution in [2.45, 2.75) is 18.6 Å². The van der Waals surface area contributed by atoms with Gasteiger partial charge in [0.1, 0.15) is 5.82 Å². The van der Waals surface area contributed by atoms with Crippen LogP contribution in [0.3, 0.4) is 0 Å². The summed E-state index contributed by atoms with van der Waals surface area (Å²) in [6, 6.07) is 11.3. The van der Waals surface area contributed by atoms with Gasteiger partial charge in [-0.15, -0.1) is 0 Å². The van der Waals surface area contributed by atoms with Gasteiger partial charge in [0.25, 0.3) is 0 Å². The quantitative estimate of drug-likeness (QED) is 0.653. The Morgan fingerprint density at radius 2 is 1.80 bits per heavy atom. The average molecular weight is 370 g/mol. The number of hydrogen-bond acceptors (Lipinski definition) is 1. The highest BCUT2D eigenvalue weighted by Crippen LogP contribution is 2.42. The van der Waals surface area contributed by atoms with Crippen LogP contribution in [0.4, 0.5) is 17.6 Å². The molecule has 3 rings (SSSR count).